The van der Waals surface area contributed by atoms with Crippen LogP contribution in [0.15, 0.2) is 35.5 Å². The van der Waals surface area contributed by atoms with Crippen molar-refractivity contribution in [2.45, 2.75) is 19.0 Å². The maximum absolute atomic E-state index is 11.0. The summed E-state index contributed by atoms with van der Waals surface area (Å²) in [5, 5.41) is 6.69. The van der Waals surface area contributed by atoms with Gasteiger partial charge in [-0.15, -0.1) is 0 Å². The van der Waals surface area contributed by atoms with E-state index >= 15 is 0 Å². The predicted molar refractivity (Wildman–Crippen MR) is 82.6 cm³/mol. The zero-order valence-corrected chi connectivity index (χ0v) is 12.4. The molecule has 0 saturated heterocycles. The Morgan fingerprint density at radius 2 is 1.80 bits per heavy atom. The van der Waals surface area contributed by atoms with Crippen LogP contribution in [-0.2, 0) is 4.79 Å². The average molecular weight is 288 g/mol. The van der Waals surface area contributed by atoms with Crippen molar-refractivity contribution >= 4 is 34.9 Å². The highest BCUT2D eigenvalue weighted by Crippen LogP contribution is 2.20. The highest BCUT2D eigenvalue weighted by atomic mass is 32.2. The van der Waals surface area contributed by atoms with Crippen molar-refractivity contribution in [1.82, 2.24) is 9.97 Å². The molecule has 1 aromatic heterocycles. The molecule has 0 fully saturated rings. The first kappa shape index (κ1) is 14.3. The van der Waals surface area contributed by atoms with Crippen LogP contribution >= 0.6 is 11.8 Å². The van der Waals surface area contributed by atoms with Gasteiger partial charge in [0.25, 0.3) is 0 Å². The van der Waals surface area contributed by atoms with Crippen LogP contribution < -0.4 is 10.6 Å². The number of aromatic nitrogens is 2. The minimum atomic E-state index is -0.0817. The topological polar surface area (TPSA) is 66.9 Å². The van der Waals surface area contributed by atoms with Crippen molar-refractivity contribution in [3.8, 4) is 0 Å². The number of nitrogens with zero attached hydrogens (tertiary/aromatic N) is 2. The Balaban J connectivity index is 2.13. The Kier molecular flexibility index (Phi) is 4.57. The summed E-state index contributed by atoms with van der Waals surface area (Å²) in [6.45, 7) is 3.42. The highest BCUT2D eigenvalue weighted by molar-refractivity contribution is 7.98. The van der Waals surface area contributed by atoms with Crippen molar-refractivity contribution in [2.24, 2.45) is 0 Å². The van der Waals surface area contributed by atoms with Gasteiger partial charge in [0.2, 0.25) is 5.91 Å². The molecule has 0 radical (unpaired) electrons. The van der Waals surface area contributed by atoms with Crippen LogP contribution in [0.4, 0.5) is 17.2 Å². The second kappa shape index (κ2) is 6.38. The minimum absolute atomic E-state index is 0.0817. The summed E-state index contributed by atoms with van der Waals surface area (Å²) < 4.78 is 0. The lowest BCUT2D eigenvalue weighted by atomic mass is 10.2. The zero-order valence-electron chi connectivity index (χ0n) is 11.6. The molecule has 0 aliphatic heterocycles. The van der Waals surface area contributed by atoms with Gasteiger partial charge in [-0.05, 0) is 37.4 Å². The molecule has 1 aromatic carbocycles. The number of benzene rings is 1. The number of carbonyl (C=O) groups is 1. The quantitative estimate of drug-likeness (QED) is 0.668. The summed E-state index contributed by atoms with van der Waals surface area (Å²) in [7, 11) is 0. The largest absolute Gasteiger partial charge is 0.340 e. The van der Waals surface area contributed by atoms with E-state index in [1.807, 2.05) is 43.5 Å². The van der Waals surface area contributed by atoms with Gasteiger partial charge in [0.15, 0.2) is 5.16 Å². The number of hydrogen-bond donors (Lipinski definition) is 2. The van der Waals surface area contributed by atoms with Gasteiger partial charge in [-0.2, -0.15) is 0 Å². The van der Waals surface area contributed by atoms with Gasteiger partial charge in [-0.25, -0.2) is 9.97 Å². The standard InChI is InChI=1S/C14H16N4OS/c1-9-8-13(18-14(15-9)20-3)17-12-6-4-11(5-7-12)16-10(2)19/h4-8H,1-3H3,(H,16,19)(H,15,17,18). The first-order valence-corrected chi connectivity index (χ1v) is 7.33. The molecule has 0 spiro atoms. The Morgan fingerprint density at radius 3 is 2.40 bits per heavy atom. The third-order valence-electron chi connectivity index (χ3n) is 2.49. The Bertz CT molecular complexity index is 613. The van der Waals surface area contributed by atoms with Crippen LogP contribution in [0.2, 0.25) is 0 Å². The Hall–Kier alpha value is -2.08. The molecule has 0 unspecified atom stereocenters. The SMILES string of the molecule is CSc1nc(C)cc(Nc2ccc(NC(C)=O)cc2)n1. The maximum atomic E-state index is 11.0. The van der Waals surface area contributed by atoms with Crippen LogP contribution in [0, 0.1) is 6.92 Å². The molecule has 0 aliphatic carbocycles. The fourth-order valence-electron chi connectivity index (χ4n) is 1.68. The van der Waals surface area contributed by atoms with Gasteiger partial charge < -0.3 is 10.6 Å². The average Bonchev–Trinajstić information content (AvgIpc) is 2.39. The van der Waals surface area contributed by atoms with Crippen LogP contribution in [0.5, 0.6) is 0 Å². The summed E-state index contributed by atoms with van der Waals surface area (Å²) in [4.78, 5) is 19.6. The number of carbonyl (C=O) groups excluding carboxylic acids is 1. The van der Waals surface area contributed by atoms with Gasteiger partial charge in [-0.1, -0.05) is 11.8 Å². The molecule has 2 rings (SSSR count). The number of nitrogens with one attached hydrogen (secondary N) is 2. The molecule has 20 heavy (non-hydrogen) atoms. The fourth-order valence-corrected chi connectivity index (χ4v) is 2.11. The number of amides is 1. The van der Waals surface area contributed by atoms with E-state index in [9.17, 15) is 4.79 Å². The normalized spacial score (nSPS) is 10.2. The van der Waals surface area contributed by atoms with Crippen molar-refractivity contribution in [3.63, 3.8) is 0 Å². The molecule has 0 saturated carbocycles. The minimum Gasteiger partial charge on any atom is -0.340 e. The molecule has 0 aliphatic rings. The second-order valence-electron chi connectivity index (χ2n) is 4.26. The monoisotopic (exact) mass is 288 g/mol. The number of thioether (sulfide) groups is 1. The lowest BCUT2D eigenvalue weighted by Gasteiger charge is -2.08. The van der Waals surface area contributed by atoms with E-state index in [-0.39, 0.29) is 5.91 Å². The first-order valence-electron chi connectivity index (χ1n) is 6.11. The molecular formula is C14H16N4OS. The lowest BCUT2D eigenvalue weighted by Crippen LogP contribution is -2.05. The van der Waals surface area contributed by atoms with Gasteiger partial charge >= 0.3 is 0 Å². The van der Waals surface area contributed by atoms with E-state index < -0.39 is 0 Å². The van der Waals surface area contributed by atoms with E-state index in [1.54, 1.807) is 0 Å². The van der Waals surface area contributed by atoms with E-state index in [1.165, 1.54) is 18.7 Å². The summed E-state index contributed by atoms with van der Waals surface area (Å²) in [6, 6.07) is 9.35. The summed E-state index contributed by atoms with van der Waals surface area (Å²) in [6.07, 6.45) is 1.95. The number of rotatable bonds is 4. The molecule has 1 heterocycles. The summed E-state index contributed by atoms with van der Waals surface area (Å²) in [5.41, 5.74) is 2.60. The van der Waals surface area contributed by atoms with Crippen molar-refractivity contribution in [3.05, 3.63) is 36.0 Å². The van der Waals surface area contributed by atoms with E-state index in [2.05, 4.69) is 20.6 Å². The van der Waals surface area contributed by atoms with Crippen LogP contribution in [0.1, 0.15) is 12.6 Å². The molecule has 6 heteroatoms. The molecule has 2 aromatic rings. The van der Waals surface area contributed by atoms with Crippen LogP contribution in [0.3, 0.4) is 0 Å². The van der Waals surface area contributed by atoms with E-state index in [0.717, 1.165) is 28.0 Å². The zero-order chi connectivity index (χ0) is 14.5. The second-order valence-corrected chi connectivity index (χ2v) is 5.04. The number of anilines is 3. The molecule has 0 atom stereocenters. The lowest BCUT2D eigenvalue weighted by molar-refractivity contribution is -0.114. The third-order valence-corrected chi connectivity index (χ3v) is 3.04. The Labute approximate surface area is 122 Å². The molecule has 0 bridgehead atoms. The van der Waals surface area contributed by atoms with Gasteiger partial charge in [0.05, 0.1) is 0 Å². The fraction of sp³-hybridized carbons (Fsp3) is 0.214. The van der Waals surface area contributed by atoms with Gasteiger partial charge in [0, 0.05) is 30.1 Å². The molecule has 1 amide bonds. The third kappa shape index (κ3) is 3.96. The number of hydrogen-bond acceptors (Lipinski definition) is 5. The van der Waals surface area contributed by atoms with Crippen LogP contribution in [-0.4, -0.2) is 22.1 Å². The molecule has 104 valence electrons. The van der Waals surface area contributed by atoms with Crippen molar-refractivity contribution in [2.75, 3.05) is 16.9 Å². The van der Waals surface area contributed by atoms with E-state index in [4.69, 9.17) is 0 Å². The van der Waals surface area contributed by atoms with Crippen molar-refractivity contribution in [1.29, 1.82) is 0 Å². The van der Waals surface area contributed by atoms with Crippen molar-refractivity contribution < 1.29 is 4.79 Å². The highest BCUT2D eigenvalue weighted by Gasteiger charge is 2.02. The molecule has 2 N–H and O–H groups in total. The number of aryl methyl sites for hydroxylation is 1. The van der Waals surface area contributed by atoms with E-state index in [0.29, 0.717) is 0 Å². The smallest absolute Gasteiger partial charge is 0.221 e. The van der Waals surface area contributed by atoms with Gasteiger partial charge in [-0.3, -0.25) is 4.79 Å². The molecule has 5 nitrogen and oxygen atoms in total. The summed E-state index contributed by atoms with van der Waals surface area (Å²) >= 11 is 1.51. The summed E-state index contributed by atoms with van der Waals surface area (Å²) in [5.74, 6) is 0.677. The first-order chi connectivity index (χ1) is 9.56. The predicted octanol–water partition coefficient (Wildman–Crippen LogP) is 3.21. The van der Waals surface area contributed by atoms with Gasteiger partial charge in [0.1, 0.15) is 5.82 Å². The Morgan fingerprint density at radius 1 is 1.15 bits per heavy atom. The van der Waals surface area contributed by atoms with Crippen LogP contribution in [0.25, 0.3) is 0 Å². The maximum Gasteiger partial charge on any atom is 0.221 e. The molecular weight excluding hydrogens is 272 g/mol.